The number of carbonyl (C=O) groups is 3. The zero-order valence-electron chi connectivity index (χ0n) is 16.1. The van der Waals surface area contributed by atoms with Gasteiger partial charge in [0.05, 0.1) is 0 Å². The molecule has 6 nitrogen and oxygen atoms in total. The van der Waals surface area contributed by atoms with E-state index in [2.05, 4.69) is 5.32 Å². The predicted molar refractivity (Wildman–Crippen MR) is 106 cm³/mol. The van der Waals surface area contributed by atoms with Crippen molar-refractivity contribution in [2.75, 3.05) is 19.6 Å². The molecule has 2 saturated heterocycles. The van der Waals surface area contributed by atoms with Crippen LogP contribution < -0.4 is 5.32 Å². The van der Waals surface area contributed by atoms with E-state index in [0.717, 1.165) is 48.7 Å². The fourth-order valence-corrected chi connectivity index (χ4v) is 6.75. The first-order valence-corrected chi connectivity index (χ1v) is 11.5. The van der Waals surface area contributed by atoms with Crippen LogP contribution in [0.3, 0.4) is 0 Å². The van der Waals surface area contributed by atoms with E-state index in [-0.39, 0.29) is 18.4 Å². The Kier molecular flexibility index (Phi) is 4.45. The highest BCUT2D eigenvalue weighted by Gasteiger charge is 2.54. The van der Waals surface area contributed by atoms with Gasteiger partial charge in [-0.1, -0.05) is 19.3 Å². The van der Waals surface area contributed by atoms with Gasteiger partial charge < -0.3 is 10.2 Å². The second-order valence-corrected chi connectivity index (χ2v) is 9.77. The second kappa shape index (κ2) is 6.87. The third-order valence-corrected chi connectivity index (χ3v) is 8.25. The first-order chi connectivity index (χ1) is 13.6. The summed E-state index contributed by atoms with van der Waals surface area (Å²) in [6, 6.07) is 1.53. The van der Waals surface area contributed by atoms with Gasteiger partial charge in [-0.15, -0.1) is 11.3 Å². The van der Waals surface area contributed by atoms with Gasteiger partial charge in [0.15, 0.2) is 0 Å². The monoisotopic (exact) mass is 401 g/mol. The summed E-state index contributed by atoms with van der Waals surface area (Å²) in [4.78, 5) is 43.1. The number of imide groups is 1. The van der Waals surface area contributed by atoms with E-state index in [1.165, 1.54) is 30.6 Å². The smallest absolute Gasteiger partial charge is 0.325 e. The summed E-state index contributed by atoms with van der Waals surface area (Å²) in [5.41, 5.74) is -0.0264. The van der Waals surface area contributed by atoms with Crippen molar-refractivity contribution in [2.24, 2.45) is 11.8 Å². The van der Waals surface area contributed by atoms with Crippen LogP contribution in [0.5, 0.6) is 0 Å². The first kappa shape index (κ1) is 18.2. The van der Waals surface area contributed by atoms with Crippen LogP contribution in [0.25, 0.3) is 0 Å². The Hall–Kier alpha value is -1.89. The molecular formula is C21H27N3O3S. The Labute approximate surface area is 169 Å². The second-order valence-electron chi connectivity index (χ2n) is 8.77. The van der Waals surface area contributed by atoms with Gasteiger partial charge in [0.25, 0.3) is 5.91 Å². The molecule has 5 rings (SSSR count). The number of fused-ring (bicyclic) bond motifs is 3. The number of nitrogens with one attached hydrogen (secondary N) is 1. The maximum absolute atomic E-state index is 13.3. The molecule has 1 saturated carbocycles. The van der Waals surface area contributed by atoms with Crippen LogP contribution in [-0.4, -0.2) is 47.3 Å². The quantitative estimate of drug-likeness (QED) is 0.775. The topological polar surface area (TPSA) is 69.7 Å². The molecule has 1 aromatic heterocycles. The van der Waals surface area contributed by atoms with Gasteiger partial charge in [0.2, 0.25) is 5.91 Å². The zero-order valence-corrected chi connectivity index (χ0v) is 16.9. The van der Waals surface area contributed by atoms with Crippen LogP contribution >= 0.6 is 11.3 Å². The van der Waals surface area contributed by atoms with E-state index < -0.39 is 11.6 Å². The van der Waals surface area contributed by atoms with Crippen molar-refractivity contribution in [3.8, 4) is 0 Å². The molecule has 4 amide bonds. The van der Waals surface area contributed by atoms with Crippen LogP contribution in [0.15, 0.2) is 11.4 Å². The summed E-state index contributed by atoms with van der Waals surface area (Å²) in [6.45, 7) is 1.40. The van der Waals surface area contributed by atoms with Crippen molar-refractivity contribution >= 4 is 29.2 Å². The lowest BCUT2D eigenvalue weighted by Crippen LogP contribution is -2.50. The molecule has 3 unspecified atom stereocenters. The molecule has 3 atom stereocenters. The average molecular weight is 402 g/mol. The average Bonchev–Trinajstić information content (AvgIpc) is 3.28. The van der Waals surface area contributed by atoms with Crippen molar-refractivity contribution in [1.29, 1.82) is 0 Å². The van der Waals surface area contributed by atoms with Crippen molar-refractivity contribution in [3.63, 3.8) is 0 Å². The standard InChI is InChI=1S/C21H27N3O3S/c25-18(23-10-7-14-4-1-2-5-15(14)12-23)13-24-19(26)21(22-20(24)27)9-3-6-17-16(21)8-11-28-17/h8,11,14-15H,1-7,9-10,12-13H2,(H,22,27). The number of thiophene rings is 1. The lowest BCUT2D eigenvalue weighted by molar-refractivity contribution is -0.141. The largest absolute Gasteiger partial charge is 0.341 e. The highest BCUT2D eigenvalue weighted by atomic mass is 32.1. The van der Waals surface area contributed by atoms with Crippen LogP contribution in [-0.2, 0) is 21.5 Å². The lowest BCUT2D eigenvalue weighted by atomic mass is 9.75. The summed E-state index contributed by atoms with van der Waals surface area (Å²) < 4.78 is 0. The minimum Gasteiger partial charge on any atom is -0.341 e. The number of hydrogen-bond donors (Lipinski definition) is 1. The van der Waals surface area contributed by atoms with Crippen molar-refractivity contribution in [2.45, 2.75) is 56.9 Å². The number of amides is 4. The number of nitrogens with zero attached hydrogens (tertiary/aromatic N) is 2. The summed E-state index contributed by atoms with van der Waals surface area (Å²) >= 11 is 1.64. The number of likely N-dealkylation sites (tertiary alicyclic amines) is 1. The van der Waals surface area contributed by atoms with Gasteiger partial charge in [0, 0.05) is 23.5 Å². The molecule has 2 aliphatic heterocycles. The van der Waals surface area contributed by atoms with Gasteiger partial charge in [-0.2, -0.15) is 0 Å². The molecule has 7 heteroatoms. The number of carbonyl (C=O) groups excluding carboxylic acids is 3. The minimum absolute atomic E-state index is 0.0917. The maximum atomic E-state index is 13.3. The molecule has 3 heterocycles. The maximum Gasteiger partial charge on any atom is 0.325 e. The number of aryl methyl sites for hydroxylation is 1. The van der Waals surface area contributed by atoms with Gasteiger partial charge in [-0.25, -0.2) is 4.79 Å². The van der Waals surface area contributed by atoms with Crippen molar-refractivity contribution < 1.29 is 14.4 Å². The fourth-order valence-electron chi connectivity index (χ4n) is 5.75. The molecular weight excluding hydrogens is 374 g/mol. The molecule has 0 radical (unpaired) electrons. The molecule has 1 aromatic rings. The Morgan fingerprint density at radius 2 is 2.00 bits per heavy atom. The van der Waals surface area contributed by atoms with E-state index in [1.807, 2.05) is 16.3 Å². The minimum atomic E-state index is -0.957. The molecule has 0 bridgehead atoms. The Balaban J connectivity index is 1.30. The SMILES string of the molecule is O=C(CN1C(=O)NC2(CCCc3sccc32)C1=O)N1CCC2CCCCC2C1. The van der Waals surface area contributed by atoms with E-state index in [4.69, 9.17) is 0 Å². The van der Waals surface area contributed by atoms with Gasteiger partial charge >= 0.3 is 6.03 Å². The number of piperidine rings is 1. The number of urea groups is 1. The molecule has 1 N–H and O–H groups in total. The predicted octanol–water partition coefficient (Wildman–Crippen LogP) is 2.87. The van der Waals surface area contributed by atoms with Crippen molar-refractivity contribution in [3.05, 3.63) is 21.9 Å². The normalized spacial score (nSPS) is 32.3. The molecule has 4 aliphatic rings. The fraction of sp³-hybridized carbons (Fsp3) is 0.667. The third-order valence-electron chi connectivity index (χ3n) is 7.27. The van der Waals surface area contributed by atoms with Crippen LogP contribution in [0.2, 0.25) is 0 Å². The Morgan fingerprint density at radius 3 is 2.86 bits per heavy atom. The lowest BCUT2D eigenvalue weighted by Gasteiger charge is -2.41. The van der Waals surface area contributed by atoms with E-state index in [9.17, 15) is 14.4 Å². The van der Waals surface area contributed by atoms with Crippen LogP contribution in [0.1, 0.15) is 55.4 Å². The van der Waals surface area contributed by atoms with Crippen LogP contribution in [0, 0.1) is 11.8 Å². The summed E-state index contributed by atoms with van der Waals surface area (Å²) in [5, 5.41) is 4.92. The first-order valence-electron chi connectivity index (χ1n) is 10.6. The molecule has 0 aromatic carbocycles. The molecule has 1 spiro atoms. The van der Waals surface area contributed by atoms with E-state index >= 15 is 0 Å². The molecule has 3 fully saturated rings. The third kappa shape index (κ3) is 2.78. The molecule has 2 aliphatic carbocycles. The van der Waals surface area contributed by atoms with E-state index in [1.54, 1.807) is 11.3 Å². The number of hydrogen-bond acceptors (Lipinski definition) is 4. The summed E-state index contributed by atoms with van der Waals surface area (Å²) in [7, 11) is 0. The number of rotatable bonds is 2. The highest BCUT2D eigenvalue weighted by molar-refractivity contribution is 7.10. The zero-order chi connectivity index (χ0) is 19.3. The van der Waals surface area contributed by atoms with Crippen LogP contribution in [0.4, 0.5) is 4.79 Å². The highest BCUT2D eigenvalue weighted by Crippen LogP contribution is 2.42. The van der Waals surface area contributed by atoms with Gasteiger partial charge in [0.1, 0.15) is 12.1 Å². The summed E-state index contributed by atoms with van der Waals surface area (Å²) in [6.07, 6.45) is 8.53. The van der Waals surface area contributed by atoms with Gasteiger partial charge in [-0.05, 0) is 55.4 Å². The van der Waals surface area contributed by atoms with E-state index in [0.29, 0.717) is 12.3 Å². The molecule has 150 valence electrons. The van der Waals surface area contributed by atoms with Gasteiger partial charge in [-0.3, -0.25) is 14.5 Å². The Bertz CT molecular complexity index is 822. The molecule has 28 heavy (non-hydrogen) atoms. The Morgan fingerprint density at radius 1 is 1.18 bits per heavy atom. The summed E-state index contributed by atoms with van der Waals surface area (Å²) in [5.74, 6) is 0.994. The van der Waals surface area contributed by atoms with Crippen molar-refractivity contribution in [1.82, 2.24) is 15.1 Å².